The third kappa shape index (κ3) is 30.5. The maximum absolute atomic E-state index is 10.4. The summed E-state index contributed by atoms with van der Waals surface area (Å²) in [6.45, 7) is 2.43. The van der Waals surface area contributed by atoms with Crippen molar-refractivity contribution >= 4 is 16.4 Å². The molecule has 0 amide bonds. The highest BCUT2D eigenvalue weighted by Crippen LogP contribution is 1.78. The first-order valence-corrected chi connectivity index (χ1v) is 4.90. The summed E-state index contributed by atoms with van der Waals surface area (Å²) in [6.07, 6.45) is 2.98. The van der Waals surface area contributed by atoms with Crippen molar-refractivity contribution in [2.24, 2.45) is 5.73 Å². The minimum atomic E-state index is -4.67. The van der Waals surface area contributed by atoms with Crippen LogP contribution in [0.5, 0.6) is 0 Å². The van der Waals surface area contributed by atoms with E-state index in [9.17, 15) is 4.79 Å². The quantitative estimate of drug-likeness (QED) is 0.334. The Labute approximate surface area is 82.1 Å². The first kappa shape index (κ1) is 15.5. The average Bonchev–Trinajstić information content (AvgIpc) is 1.98. The van der Waals surface area contributed by atoms with Crippen molar-refractivity contribution in [3.63, 3.8) is 0 Å². The number of nitrogens with two attached hydrogens (primary N) is 1. The minimum Gasteiger partial charge on any atom is -0.461 e. The van der Waals surface area contributed by atoms with E-state index >= 15 is 0 Å². The molecule has 0 aromatic carbocycles. The third-order valence-electron chi connectivity index (χ3n) is 0.665. The molecule has 0 atom stereocenters. The van der Waals surface area contributed by atoms with E-state index in [1.165, 1.54) is 6.08 Å². The Balaban J connectivity index is 0. The van der Waals surface area contributed by atoms with Crippen LogP contribution in [0.3, 0.4) is 0 Å². The number of carbonyl (C=O) groups is 1. The summed E-state index contributed by atoms with van der Waals surface area (Å²) in [5.41, 5.74) is 5.07. The van der Waals surface area contributed by atoms with E-state index < -0.39 is 10.4 Å². The second kappa shape index (κ2) is 8.63. The summed E-state index contributed by atoms with van der Waals surface area (Å²) in [5, 5.41) is 0. The van der Waals surface area contributed by atoms with Gasteiger partial charge in [0.1, 0.15) is 6.61 Å². The van der Waals surface area contributed by atoms with Crippen LogP contribution < -0.4 is 5.73 Å². The fourth-order valence-corrected chi connectivity index (χ4v) is 0.344. The highest BCUT2D eigenvalue weighted by Gasteiger charge is 1.91. The number of hydrogen-bond donors (Lipinski definition) is 3. The molecule has 0 bridgehead atoms. The maximum Gasteiger partial charge on any atom is 0.394 e. The Morgan fingerprint density at radius 2 is 1.93 bits per heavy atom. The van der Waals surface area contributed by atoms with Crippen molar-refractivity contribution in [1.82, 2.24) is 0 Å². The Kier molecular flexibility index (Phi) is 9.56. The van der Waals surface area contributed by atoms with E-state index in [-0.39, 0.29) is 5.97 Å². The van der Waals surface area contributed by atoms with Crippen molar-refractivity contribution in [1.29, 1.82) is 0 Å². The lowest BCUT2D eigenvalue weighted by Crippen LogP contribution is -2.11. The van der Waals surface area contributed by atoms with Crippen LogP contribution >= 0.6 is 0 Å². The average molecular weight is 227 g/mol. The molecule has 0 heterocycles. The highest BCUT2D eigenvalue weighted by atomic mass is 32.3. The largest absolute Gasteiger partial charge is 0.461 e. The van der Waals surface area contributed by atoms with E-state index in [0.717, 1.165) is 0 Å². The Morgan fingerprint density at radius 3 is 2.21 bits per heavy atom. The molecule has 0 aliphatic carbocycles. The molecule has 0 saturated heterocycles. The summed E-state index contributed by atoms with van der Waals surface area (Å²) in [5.74, 6) is -0.331. The third-order valence-corrected chi connectivity index (χ3v) is 0.665. The van der Waals surface area contributed by atoms with Crippen LogP contribution in [0.15, 0.2) is 12.2 Å². The molecular weight excluding hydrogens is 214 g/mol. The number of carbonyl (C=O) groups excluding carboxylic acids is 1. The van der Waals surface area contributed by atoms with Gasteiger partial charge in [-0.3, -0.25) is 9.11 Å². The van der Waals surface area contributed by atoms with Gasteiger partial charge in [0.2, 0.25) is 0 Å². The van der Waals surface area contributed by atoms with E-state index in [1.807, 2.05) is 0 Å². The molecule has 0 saturated carbocycles. The number of hydrogen-bond acceptors (Lipinski definition) is 5. The monoisotopic (exact) mass is 227 g/mol. The lowest BCUT2D eigenvalue weighted by molar-refractivity contribution is -0.137. The topological polar surface area (TPSA) is 127 Å². The normalized spacial score (nSPS) is 10.6. The zero-order chi connectivity index (χ0) is 11.6. The first-order valence-electron chi connectivity index (χ1n) is 3.50. The van der Waals surface area contributed by atoms with Gasteiger partial charge in [-0.2, -0.15) is 8.42 Å². The van der Waals surface area contributed by atoms with E-state index in [2.05, 4.69) is 4.74 Å². The van der Waals surface area contributed by atoms with Gasteiger partial charge in [0.25, 0.3) is 0 Å². The lowest BCUT2D eigenvalue weighted by Gasteiger charge is -1.95. The summed E-state index contributed by atoms with van der Waals surface area (Å²) < 4.78 is 36.2. The van der Waals surface area contributed by atoms with Crippen molar-refractivity contribution in [3.05, 3.63) is 12.2 Å². The second-order valence-electron chi connectivity index (χ2n) is 1.90. The van der Waals surface area contributed by atoms with Crippen molar-refractivity contribution in [3.8, 4) is 0 Å². The van der Waals surface area contributed by atoms with Gasteiger partial charge >= 0.3 is 16.4 Å². The van der Waals surface area contributed by atoms with E-state index in [4.69, 9.17) is 23.3 Å². The van der Waals surface area contributed by atoms with Gasteiger partial charge in [-0.15, -0.1) is 0 Å². The van der Waals surface area contributed by atoms with Crippen molar-refractivity contribution in [2.75, 3.05) is 13.2 Å². The number of esters is 1. The summed E-state index contributed by atoms with van der Waals surface area (Å²) in [7, 11) is -4.67. The molecule has 0 unspecified atom stereocenters. The standard InChI is InChI=1S/C6H11NO2.H2O4S/c1-2-3-6(8)9-5-4-7;1-5(2,3)4/h2-3H,4-5,7H2,1H3;(H2,1,2,3,4). The van der Waals surface area contributed by atoms with Gasteiger partial charge in [0.15, 0.2) is 0 Å². The van der Waals surface area contributed by atoms with Gasteiger partial charge in [-0.1, -0.05) is 6.08 Å². The fraction of sp³-hybridized carbons (Fsp3) is 0.500. The first-order chi connectivity index (χ1) is 6.31. The number of ether oxygens (including phenoxy) is 1. The molecule has 4 N–H and O–H groups in total. The Morgan fingerprint density at radius 1 is 1.50 bits per heavy atom. The van der Waals surface area contributed by atoms with Crippen molar-refractivity contribution < 1.29 is 27.1 Å². The molecule has 0 fully saturated rings. The summed E-state index contributed by atoms with van der Waals surface area (Å²) in [4.78, 5) is 10.4. The zero-order valence-electron chi connectivity index (χ0n) is 7.58. The highest BCUT2D eigenvalue weighted by molar-refractivity contribution is 7.79. The molecule has 0 aromatic rings. The number of allylic oxidation sites excluding steroid dienone is 1. The van der Waals surface area contributed by atoms with Crippen molar-refractivity contribution in [2.45, 2.75) is 6.92 Å². The van der Waals surface area contributed by atoms with Gasteiger partial charge in [0.05, 0.1) is 0 Å². The smallest absolute Gasteiger partial charge is 0.394 e. The van der Waals surface area contributed by atoms with Gasteiger partial charge in [-0.25, -0.2) is 4.79 Å². The van der Waals surface area contributed by atoms with E-state index in [1.54, 1.807) is 13.0 Å². The Hall–Kier alpha value is -0.960. The minimum absolute atomic E-state index is 0.295. The molecule has 84 valence electrons. The molecular formula is C6H13NO6S. The molecule has 0 aliphatic rings. The maximum atomic E-state index is 10.4. The summed E-state index contributed by atoms with van der Waals surface area (Å²) >= 11 is 0. The zero-order valence-corrected chi connectivity index (χ0v) is 8.40. The molecule has 0 rings (SSSR count). The van der Waals surface area contributed by atoms with Crippen LogP contribution in [0.4, 0.5) is 0 Å². The predicted molar refractivity (Wildman–Crippen MR) is 49.0 cm³/mol. The predicted octanol–water partition coefficient (Wildman–Crippen LogP) is -0.588. The lowest BCUT2D eigenvalue weighted by atomic mass is 10.5. The Bertz CT molecular complexity index is 262. The van der Waals surface area contributed by atoms with Crippen LogP contribution in [0.1, 0.15) is 6.92 Å². The van der Waals surface area contributed by atoms with Crippen LogP contribution in [-0.4, -0.2) is 36.6 Å². The van der Waals surface area contributed by atoms with Crippen LogP contribution in [-0.2, 0) is 19.9 Å². The molecule has 0 aliphatic heterocycles. The van der Waals surface area contributed by atoms with E-state index in [0.29, 0.717) is 13.2 Å². The van der Waals surface area contributed by atoms with Crippen LogP contribution in [0, 0.1) is 0 Å². The van der Waals surface area contributed by atoms with Gasteiger partial charge in [-0.05, 0) is 6.92 Å². The summed E-state index contributed by atoms with van der Waals surface area (Å²) in [6, 6.07) is 0. The molecule has 7 nitrogen and oxygen atoms in total. The molecule has 0 aromatic heterocycles. The SMILES string of the molecule is CC=CC(=O)OCCN.O=S(=O)(O)O. The molecule has 14 heavy (non-hydrogen) atoms. The van der Waals surface area contributed by atoms with Crippen LogP contribution in [0.2, 0.25) is 0 Å². The van der Waals surface area contributed by atoms with Gasteiger partial charge in [0, 0.05) is 12.6 Å². The second-order valence-corrected chi connectivity index (χ2v) is 2.80. The molecule has 8 heteroatoms. The van der Waals surface area contributed by atoms with Gasteiger partial charge < -0.3 is 10.5 Å². The fourth-order valence-electron chi connectivity index (χ4n) is 0.344. The molecule has 0 radical (unpaired) electrons. The molecule has 0 spiro atoms. The number of rotatable bonds is 3. The van der Waals surface area contributed by atoms with Crippen LogP contribution in [0.25, 0.3) is 0 Å².